The van der Waals surface area contributed by atoms with Crippen LogP contribution in [0.1, 0.15) is 56.6 Å². The van der Waals surface area contributed by atoms with Crippen molar-refractivity contribution in [3.63, 3.8) is 0 Å². The summed E-state index contributed by atoms with van der Waals surface area (Å²) in [4.78, 5) is 36.2. The largest absolute Gasteiger partial charge is 0.469 e. The Morgan fingerprint density at radius 1 is 0.939 bits per heavy atom. The zero-order chi connectivity index (χ0) is 24.0. The molecule has 33 heavy (non-hydrogen) atoms. The second-order valence-corrected chi connectivity index (χ2v) is 7.73. The number of methoxy groups -OCH3 is 1. The maximum atomic E-state index is 12.4. The van der Waals surface area contributed by atoms with E-state index >= 15 is 0 Å². The molecule has 0 bridgehead atoms. The van der Waals surface area contributed by atoms with Crippen LogP contribution in [-0.2, 0) is 27.1 Å². The van der Waals surface area contributed by atoms with Crippen molar-refractivity contribution in [3.8, 4) is 5.69 Å². The van der Waals surface area contributed by atoms with E-state index in [4.69, 9.17) is 9.47 Å². The minimum atomic E-state index is -0.563. The summed E-state index contributed by atoms with van der Waals surface area (Å²) in [7, 11) is 1.37. The lowest BCUT2D eigenvalue weighted by molar-refractivity contribution is -0.140. The summed E-state index contributed by atoms with van der Waals surface area (Å²) in [6, 6.07) is 14.1. The highest BCUT2D eigenvalue weighted by Crippen LogP contribution is 2.20. The number of carbonyl (C=O) groups is 3. The second kappa shape index (κ2) is 10.7. The molecular weight excluding hydrogens is 420 g/mol. The molecule has 2 aromatic carbocycles. The molecule has 0 aliphatic carbocycles. The number of benzene rings is 2. The molecule has 0 aliphatic heterocycles. The van der Waals surface area contributed by atoms with Gasteiger partial charge in [0.05, 0.1) is 24.1 Å². The molecule has 7 heteroatoms. The SMILES string of the molecule is CCc1ccc(C(=O)COC(=O)c2ccc(-n3nc(C)c(CCC(=O)OC)c3C)cc2)cc1. The van der Waals surface area contributed by atoms with E-state index in [9.17, 15) is 14.4 Å². The first-order chi connectivity index (χ1) is 15.8. The number of nitrogens with zero attached hydrogens (tertiary/aromatic N) is 2. The molecule has 3 rings (SSSR count). The third kappa shape index (κ3) is 5.74. The third-order valence-electron chi connectivity index (χ3n) is 5.61. The first-order valence-electron chi connectivity index (χ1n) is 10.9. The highest BCUT2D eigenvalue weighted by molar-refractivity contribution is 5.99. The summed E-state index contributed by atoms with van der Waals surface area (Å²) in [5, 5.41) is 4.57. The van der Waals surface area contributed by atoms with Crippen LogP contribution in [-0.4, -0.2) is 41.2 Å². The highest BCUT2D eigenvalue weighted by Gasteiger charge is 2.16. The van der Waals surface area contributed by atoms with Gasteiger partial charge >= 0.3 is 11.9 Å². The Kier molecular flexibility index (Phi) is 7.77. The number of ether oxygens (including phenoxy) is 2. The van der Waals surface area contributed by atoms with Gasteiger partial charge in [-0.25, -0.2) is 9.48 Å². The van der Waals surface area contributed by atoms with Crippen molar-refractivity contribution in [2.75, 3.05) is 13.7 Å². The third-order valence-corrected chi connectivity index (χ3v) is 5.61. The topological polar surface area (TPSA) is 87.5 Å². The van der Waals surface area contributed by atoms with Gasteiger partial charge in [-0.2, -0.15) is 5.10 Å². The van der Waals surface area contributed by atoms with Crippen molar-refractivity contribution >= 4 is 17.7 Å². The van der Waals surface area contributed by atoms with E-state index < -0.39 is 5.97 Å². The molecule has 0 spiro atoms. The highest BCUT2D eigenvalue weighted by atomic mass is 16.5. The van der Waals surface area contributed by atoms with Gasteiger partial charge in [-0.1, -0.05) is 31.2 Å². The van der Waals surface area contributed by atoms with Gasteiger partial charge in [0.2, 0.25) is 0 Å². The lowest BCUT2D eigenvalue weighted by Crippen LogP contribution is -2.14. The van der Waals surface area contributed by atoms with Gasteiger partial charge in [0, 0.05) is 17.7 Å². The second-order valence-electron chi connectivity index (χ2n) is 7.73. The summed E-state index contributed by atoms with van der Waals surface area (Å²) in [6.45, 7) is 5.57. The maximum absolute atomic E-state index is 12.4. The molecule has 0 N–H and O–H groups in total. The lowest BCUT2D eigenvalue weighted by atomic mass is 10.1. The smallest absolute Gasteiger partial charge is 0.338 e. The van der Waals surface area contributed by atoms with Crippen LogP contribution < -0.4 is 0 Å². The van der Waals surface area contributed by atoms with E-state index in [0.717, 1.165) is 34.6 Å². The molecule has 7 nitrogen and oxygen atoms in total. The molecule has 1 heterocycles. The number of carbonyl (C=O) groups excluding carboxylic acids is 3. The van der Waals surface area contributed by atoms with E-state index in [2.05, 4.69) is 5.10 Å². The van der Waals surface area contributed by atoms with Crippen molar-refractivity contribution in [1.82, 2.24) is 9.78 Å². The Morgan fingerprint density at radius 2 is 1.58 bits per heavy atom. The van der Waals surface area contributed by atoms with Crippen LogP contribution >= 0.6 is 0 Å². The molecule has 0 radical (unpaired) electrons. The van der Waals surface area contributed by atoms with Crippen molar-refractivity contribution in [2.24, 2.45) is 0 Å². The molecule has 172 valence electrons. The Labute approximate surface area is 193 Å². The van der Waals surface area contributed by atoms with E-state index in [0.29, 0.717) is 17.5 Å². The number of hydrogen-bond acceptors (Lipinski definition) is 6. The number of aryl methyl sites for hydroxylation is 2. The van der Waals surface area contributed by atoms with Gasteiger partial charge in [0.1, 0.15) is 0 Å². The monoisotopic (exact) mass is 448 g/mol. The summed E-state index contributed by atoms with van der Waals surface area (Å²) in [5.41, 5.74) is 5.54. The molecule has 0 unspecified atom stereocenters. The number of esters is 2. The first kappa shape index (κ1) is 23.9. The molecule has 0 saturated heterocycles. The molecule has 0 saturated carbocycles. The normalized spacial score (nSPS) is 10.7. The summed E-state index contributed by atoms with van der Waals surface area (Å²) in [5.74, 6) is -1.07. The molecule has 3 aromatic rings. The summed E-state index contributed by atoms with van der Waals surface area (Å²) >= 11 is 0. The zero-order valence-corrected chi connectivity index (χ0v) is 19.4. The first-order valence-corrected chi connectivity index (χ1v) is 10.9. The molecule has 0 fully saturated rings. The van der Waals surface area contributed by atoms with Gasteiger partial charge in [-0.05, 0) is 62.1 Å². The zero-order valence-electron chi connectivity index (χ0n) is 19.4. The van der Waals surface area contributed by atoms with Crippen LogP contribution in [0.3, 0.4) is 0 Å². The van der Waals surface area contributed by atoms with Crippen LogP contribution in [0.15, 0.2) is 48.5 Å². The number of Topliss-reactive ketones (excluding diaryl/α,β-unsaturated/α-hetero) is 1. The molecule has 1 aromatic heterocycles. The Balaban J connectivity index is 1.64. The van der Waals surface area contributed by atoms with Crippen LogP contribution in [0.4, 0.5) is 0 Å². The predicted octanol–water partition coefficient (Wildman–Crippen LogP) is 4.20. The number of ketones is 1. The van der Waals surface area contributed by atoms with Gasteiger partial charge in [-0.3, -0.25) is 9.59 Å². The van der Waals surface area contributed by atoms with Crippen LogP contribution in [0, 0.1) is 13.8 Å². The fraction of sp³-hybridized carbons (Fsp3) is 0.308. The van der Waals surface area contributed by atoms with E-state index in [1.165, 1.54) is 7.11 Å². The fourth-order valence-corrected chi connectivity index (χ4v) is 3.58. The van der Waals surface area contributed by atoms with Crippen molar-refractivity contribution in [1.29, 1.82) is 0 Å². The van der Waals surface area contributed by atoms with Gasteiger partial charge < -0.3 is 9.47 Å². The van der Waals surface area contributed by atoms with Crippen molar-refractivity contribution in [3.05, 3.63) is 82.2 Å². The van der Waals surface area contributed by atoms with Crippen LogP contribution in [0.25, 0.3) is 5.69 Å². The van der Waals surface area contributed by atoms with Crippen LogP contribution in [0.5, 0.6) is 0 Å². The Bertz CT molecular complexity index is 1140. The number of rotatable bonds is 9. The van der Waals surface area contributed by atoms with Gasteiger partial charge in [0.25, 0.3) is 0 Å². The number of aromatic nitrogens is 2. The van der Waals surface area contributed by atoms with Crippen molar-refractivity contribution < 1.29 is 23.9 Å². The molecular formula is C26H28N2O5. The fourth-order valence-electron chi connectivity index (χ4n) is 3.58. The quantitative estimate of drug-likeness (QED) is 0.360. The summed E-state index contributed by atoms with van der Waals surface area (Å²) < 4.78 is 11.7. The lowest BCUT2D eigenvalue weighted by Gasteiger charge is -2.08. The molecule has 0 amide bonds. The Morgan fingerprint density at radius 3 is 2.18 bits per heavy atom. The number of hydrogen-bond donors (Lipinski definition) is 0. The Hall–Kier alpha value is -3.74. The van der Waals surface area contributed by atoms with Gasteiger partial charge in [-0.15, -0.1) is 0 Å². The predicted molar refractivity (Wildman–Crippen MR) is 124 cm³/mol. The summed E-state index contributed by atoms with van der Waals surface area (Å²) in [6.07, 6.45) is 1.73. The standard InChI is InChI=1S/C26H28N2O5/c1-5-19-6-8-20(9-7-19)24(29)16-33-26(31)21-10-12-22(13-11-21)28-18(3)23(17(2)27-28)14-15-25(30)32-4/h6-13H,5,14-16H2,1-4H3. The minimum Gasteiger partial charge on any atom is -0.469 e. The maximum Gasteiger partial charge on any atom is 0.338 e. The van der Waals surface area contributed by atoms with Crippen LogP contribution in [0.2, 0.25) is 0 Å². The van der Waals surface area contributed by atoms with E-state index in [1.54, 1.807) is 41.1 Å². The van der Waals surface area contributed by atoms with Crippen molar-refractivity contribution in [2.45, 2.75) is 40.0 Å². The molecule has 0 atom stereocenters. The van der Waals surface area contributed by atoms with E-state index in [-0.39, 0.29) is 24.8 Å². The average Bonchev–Trinajstić information content (AvgIpc) is 3.13. The van der Waals surface area contributed by atoms with E-state index in [1.807, 2.05) is 32.9 Å². The minimum absolute atomic E-state index is 0.246. The average molecular weight is 449 g/mol. The van der Waals surface area contributed by atoms with Gasteiger partial charge in [0.15, 0.2) is 12.4 Å². The molecule has 0 aliphatic rings.